The van der Waals surface area contributed by atoms with Crippen LogP contribution in [0.1, 0.15) is 31.7 Å². The Labute approximate surface area is 126 Å². The van der Waals surface area contributed by atoms with Gasteiger partial charge in [-0.15, -0.1) is 0 Å². The first kappa shape index (κ1) is 16.0. The number of sulfonamides is 1. The summed E-state index contributed by atoms with van der Waals surface area (Å²) in [7, 11) is -3.53. The van der Waals surface area contributed by atoms with Gasteiger partial charge in [0.25, 0.3) is 0 Å². The van der Waals surface area contributed by atoms with Gasteiger partial charge in [0.05, 0.1) is 4.90 Å². The maximum atomic E-state index is 12.9. The van der Waals surface area contributed by atoms with E-state index in [4.69, 9.17) is 5.11 Å². The van der Waals surface area contributed by atoms with E-state index in [0.717, 1.165) is 19.3 Å². The van der Waals surface area contributed by atoms with Crippen LogP contribution in [0.5, 0.6) is 0 Å². The van der Waals surface area contributed by atoms with Gasteiger partial charge in [-0.3, -0.25) is 0 Å². The molecule has 2 rings (SSSR count). The molecule has 0 atom stereocenters. The second-order valence-corrected chi connectivity index (χ2v) is 7.17. The van der Waals surface area contributed by atoms with Crippen molar-refractivity contribution < 1.29 is 13.5 Å². The zero-order valence-corrected chi connectivity index (χ0v) is 13.1. The molecule has 5 heteroatoms. The summed E-state index contributed by atoms with van der Waals surface area (Å²) in [5, 5.41) is 8.81. The number of aliphatic hydroxyl groups is 1. The van der Waals surface area contributed by atoms with Crippen molar-refractivity contribution in [3.05, 3.63) is 29.8 Å². The van der Waals surface area contributed by atoms with Crippen LogP contribution in [-0.4, -0.2) is 37.5 Å². The molecule has 0 amide bonds. The van der Waals surface area contributed by atoms with Gasteiger partial charge >= 0.3 is 0 Å². The van der Waals surface area contributed by atoms with E-state index in [1.165, 1.54) is 0 Å². The molecule has 0 bridgehead atoms. The fourth-order valence-corrected chi connectivity index (χ4v) is 3.97. The molecule has 1 aromatic rings. The Morgan fingerprint density at radius 1 is 1.33 bits per heavy atom. The Balaban J connectivity index is 2.36. The minimum atomic E-state index is -3.53. The summed E-state index contributed by atoms with van der Waals surface area (Å²) in [6.07, 6.45) is 3.01. The lowest BCUT2D eigenvalue weighted by Gasteiger charge is -2.22. The third-order valence-electron chi connectivity index (χ3n) is 3.44. The summed E-state index contributed by atoms with van der Waals surface area (Å²) in [5.74, 6) is 5.75. The number of nitrogens with zero attached hydrogens (tertiary/aromatic N) is 1. The molecular formula is C16H21NO3S. The van der Waals surface area contributed by atoms with E-state index in [0.29, 0.717) is 24.6 Å². The molecule has 0 radical (unpaired) electrons. The SMILES string of the molecule is CCCN(CC1CC1)S(=O)(=O)c1ccccc1C#CCO. The highest BCUT2D eigenvalue weighted by molar-refractivity contribution is 7.89. The van der Waals surface area contributed by atoms with E-state index in [-0.39, 0.29) is 11.5 Å². The van der Waals surface area contributed by atoms with Crippen molar-refractivity contribution in [3.63, 3.8) is 0 Å². The summed E-state index contributed by atoms with van der Waals surface area (Å²) in [6, 6.07) is 6.73. The fraction of sp³-hybridized carbons (Fsp3) is 0.500. The Kier molecular flexibility index (Phi) is 5.40. The lowest BCUT2D eigenvalue weighted by atomic mass is 10.2. The molecular weight excluding hydrogens is 286 g/mol. The number of benzene rings is 1. The van der Waals surface area contributed by atoms with Gasteiger partial charge in [-0.1, -0.05) is 30.9 Å². The quantitative estimate of drug-likeness (QED) is 0.816. The molecule has 0 heterocycles. The van der Waals surface area contributed by atoms with Crippen molar-refractivity contribution in [2.75, 3.05) is 19.7 Å². The number of aliphatic hydroxyl groups excluding tert-OH is 1. The van der Waals surface area contributed by atoms with Crippen LogP contribution in [0.15, 0.2) is 29.2 Å². The van der Waals surface area contributed by atoms with E-state index >= 15 is 0 Å². The standard InChI is InChI=1S/C16H21NO3S/c1-2-11-17(13-14-9-10-14)21(19,20)16-8-4-3-6-15(16)7-5-12-18/h3-4,6,8,14,18H,2,9-13H2,1H3. The zero-order chi connectivity index (χ0) is 15.3. The van der Waals surface area contributed by atoms with Gasteiger partial charge in [-0.05, 0) is 37.3 Å². The molecule has 1 aliphatic rings. The number of rotatable bonds is 6. The minimum absolute atomic E-state index is 0.236. The van der Waals surface area contributed by atoms with Crippen molar-refractivity contribution >= 4 is 10.0 Å². The van der Waals surface area contributed by atoms with Crippen LogP contribution in [0.2, 0.25) is 0 Å². The topological polar surface area (TPSA) is 57.6 Å². The van der Waals surface area contributed by atoms with Gasteiger partial charge in [0.2, 0.25) is 10.0 Å². The predicted octanol–water partition coefficient (Wildman–Crippen LogP) is 1.84. The van der Waals surface area contributed by atoms with Crippen LogP contribution >= 0.6 is 0 Å². The van der Waals surface area contributed by atoms with Crippen molar-refractivity contribution in [2.45, 2.75) is 31.1 Å². The molecule has 0 aromatic heterocycles. The van der Waals surface area contributed by atoms with Crippen LogP contribution in [0, 0.1) is 17.8 Å². The lowest BCUT2D eigenvalue weighted by molar-refractivity contribution is 0.350. The largest absolute Gasteiger partial charge is 0.384 e. The minimum Gasteiger partial charge on any atom is -0.384 e. The summed E-state index contributed by atoms with van der Waals surface area (Å²) in [6.45, 7) is 2.82. The van der Waals surface area contributed by atoms with Gasteiger partial charge in [0.1, 0.15) is 6.61 Å². The first-order valence-electron chi connectivity index (χ1n) is 7.28. The molecule has 0 saturated heterocycles. The second-order valence-electron chi connectivity index (χ2n) is 5.26. The second kappa shape index (κ2) is 7.08. The Bertz CT molecular complexity index is 639. The average Bonchev–Trinajstić information content (AvgIpc) is 3.29. The van der Waals surface area contributed by atoms with Gasteiger partial charge in [0, 0.05) is 18.7 Å². The van der Waals surface area contributed by atoms with Gasteiger partial charge in [-0.2, -0.15) is 4.31 Å². The molecule has 114 valence electrons. The molecule has 1 saturated carbocycles. The van der Waals surface area contributed by atoms with Crippen LogP contribution in [-0.2, 0) is 10.0 Å². The average molecular weight is 307 g/mol. The lowest BCUT2D eigenvalue weighted by Crippen LogP contribution is -2.34. The first-order valence-corrected chi connectivity index (χ1v) is 8.72. The molecule has 0 unspecified atom stereocenters. The van der Waals surface area contributed by atoms with Crippen molar-refractivity contribution in [3.8, 4) is 11.8 Å². The predicted molar refractivity (Wildman–Crippen MR) is 82.2 cm³/mol. The van der Waals surface area contributed by atoms with Crippen LogP contribution in [0.25, 0.3) is 0 Å². The van der Waals surface area contributed by atoms with E-state index in [9.17, 15) is 8.42 Å². The highest BCUT2D eigenvalue weighted by Crippen LogP contribution is 2.32. The zero-order valence-electron chi connectivity index (χ0n) is 12.2. The molecule has 1 aliphatic carbocycles. The summed E-state index contributed by atoms with van der Waals surface area (Å²) >= 11 is 0. The van der Waals surface area contributed by atoms with E-state index in [2.05, 4.69) is 11.8 Å². The monoisotopic (exact) mass is 307 g/mol. The Hall–Kier alpha value is -1.35. The van der Waals surface area contributed by atoms with Gasteiger partial charge in [-0.25, -0.2) is 8.42 Å². The molecule has 1 fully saturated rings. The van der Waals surface area contributed by atoms with Gasteiger partial charge in [0.15, 0.2) is 0 Å². The first-order chi connectivity index (χ1) is 10.1. The van der Waals surface area contributed by atoms with Crippen molar-refractivity contribution in [1.29, 1.82) is 0 Å². The maximum absolute atomic E-state index is 12.9. The third kappa shape index (κ3) is 4.07. The van der Waals surface area contributed by atoms with Crippen LogP contribution in [0.4, 0.5) is 0 Å². The normalized spacial score (nSPS) is 14.8. The van der Waals surface area contributed by atoms with Gasteiger partial charge < -0.3 is 5.11 Å². The van der Waals surface area contributed by atoms with Crippen molar-refractivity contribution in [1.82, 2.24) is 4.31 Å². The molecule has 1 aromatic carbocycles. The fourth-order valence-electron chi connectivity index (χ4n) is 2.22. The third-order valence-corrected chi connectivity index (χ3v) is 5.36. The molecule has 4 nitrogen and oxygen atoms in total. The van der Waals surface area contributed by atoms with Crippen LogP contribution < -0.4 is 0 Å². The highest BCUT2D eigenvalue weighted by Gasteiger charge is 2.32. The number of hydrogen-bond acceptors (Lipinski definition) is 3. The van der Waals surface area contributed by atoms with E-state index < -0.39 is 10.0 Å². The summed E-state index contributed by atoms with van der Waals surface area (Å²) in [4.78, 5) is 0.236. The number of hydrogen-bond donors (Lipinski definition) is 1. The van der Waals surface area contributed by atoms with Crippen LogP contribution in [0.3, 0.4) is 0 Å². The Morgan fingerprint density at radius 2 is 2.05 bits per heavy atom. The van der Waals surface area contributed by atoms with E-state index in [1.807, 2.05) is 6.92 Å². The van der Waals surface area contributed by atoms with Crippen molar-refractivity contribution in [2.24, 2.45) is 5.92 Å². The molecule has 1 N–H and O–H groups in total. The van der Waals surface area contributed by atoms with E-state index in [1.54, 1.807) is 28.6 Å². The Morgan fingerprint density at radius 3 is 2.67 bits per heavy atom. The summed E-state index contributed by atoms with van der Waals surface area (Å²) in [5.41, 5.74) is 0.448. The maximum Gasteiger partial charge on any atom is 0.244 e. The molecule has 0 aliphatic heterocycles. The highest BCUT2D eigenvalue weighted by atomic mass is 32.2. The summed E-state index contributed by atoms with van der Waals surface area (Å²) < 4.78 is 27.3. The smallest absolute Gasteiger partial charge is 0.244 e. The molecule has 21 heavy (non-hydrogen) atoms. The molecule has 0 spiro atoms.